The first-order chi connectivity index (χ1) is 13.5. The maximum Gasteiger partial charge on any atom is 0.420 e. The number of carbonyl (C=O) groups is 1. The molecular formula is C21H27N3O4. The minimum atomic E-state index is -0.603. The molecule has 0 bridgehead atoms. The van der Waals surface area contributed by atoms with Gasteiger partial charge in [0.15, 0.2) is 0 Å². The van der Waals surface area contributed by atoms with Crippen molar-refractivity contribution in [3.05, 3.63) is 53.2 Å². The first kappa shape index (κ1) is 20.3. The van der Waals surface area contributed by atoms with E-state index in [9.17, 15) is 4.79 Å². The summed E-state index contributed by atoms with van der Waals surface area (Å²) in [6.45, 7) is 1.26. The third kappa shape index (κ3) is 4.49. The average molecular weight is 385 g/mol. The number of hydrogen-bond donors (Lipinski definition) is 0. The number of methoxy groups -OCH3 is 2. The number of aromatic nitrogens is 1. The van der Waals surface area contributed by atoms with E-state index < -0.39 is 12.4 Å². The monoisotopic (exact) mass is 385 g/mol. The van der Waals surface area contributed by atoms with Crippen molar-refractivity contribution in [2.45, 2.75) is 25.7 Å². The zero-order valence-electron chi connectivity index (χ0n) is 16.8. The molecule has 1 aromatic carbocycles. The smallest absolute Gasteiger partial charge is 0.410 e. The van der Waals surface area contributed by atoms with Gasteiger partial charge in [-0.2, -0.15) is 0 Å². The fourth-order valence-electron chi connectivity index (χ4n) is 3.37. The van der Waals surface area contributed by atoms with Crippen LogP contribution in [0.3, 0.4) is 0 Å². The Morgan fingerprint density at radius 2 is 1.93 bits per heavy atom. The molecule has 1 amide bonds. The third-order valence-corrected chi connectivity index (χ3v) is 4.58. The minimum absolute atomic E-state index is 0.433. The molecule has 1 aromatic heterocycles. The van der Waals surface area contributed by atoms with Crippen molar-refractivity contribution in [2.75, 3.05) is 39.8 Å². The Balaban J connectivity index is 1.96. The van der Waals surface area contributed by atoms with Crippen molar-refractivity contribution >= 4 is 11.9 Å². The third-order valence-electron chi connectivity index (χ3n) is 4.58. The highest BCUT2D eigenvalue weighted by Crippen LogP contribution is 2.32. The fraction of sp³-hybridized carbons (Fsp3) is 0.429. The quantitative estimate of drug-likeness (QED) is 0.711. The van der Waals surface area contributed by atoms with Gasteiger partial charge >= 0.3 is 6.09 Å². The van der Waals surface area contributed by atoms with Gasteiger partial charge in [-0.3, -0.25) is 4.90 Å². The molecule has 2 heterocycles. The Morgan fingerprint density at radius 3 is 2.57 bits per heavy atom. The molecule has 0 aliphatic carbocycles. The van der Waals surface area contributed by atoms with Crippen molar-refractivity contribution in [3.63, 3.8) is 0 Å². The number of hydrogen-bond acceptors (Lipinski definition) is 6. The lowest BCUT2D eigenvalue weighted by atomic mass is 10.0. The molecule has 0 atom stereocenters. The van der Waals surface area contributed by atoms with Gasteiger partial charge in [0.2, 0.25) is 6.29 Å². The first-order valence-corrected chi connectivity index (χ1v) is 9.31. The van der Waals surface area contributed by atoms with Crippen LogP contribution in [0, 0.1) is 0 Å². The van der Waals surface area contributed by atoms with E-state index in [1.165, 1.54) is 0 Å². The summed E-state index contributed by atoms with van der Waals surface area (Å²) in [5, 5.41) is 0. The number of pyridine rings is 1. The van der Waals surface area contributed by atoms with Gasteiger partial charge in [-0.25, -0.2) is 9.78 Å². The number of nitrogens with zero attached hydrogens (tertiary/aromatic N) is 3. The Labute approximate surface area is 165 Å². The van der Waals surface area contributed by atoms with E-state index in [0.717, 1.165) is 24.0 Å². The van der Waals surface area contributed by atoms with Gasteiger partial charge in [-0.15, -0.1) is 0 Å². The fourth-order valence-corrected chi connectivity index (χ4v) is 3.37. The molecule has 2 aromatic rings. The summed E-state index contributed by atoms with van der Waals surface area (Å²) in [5.74, 6) is 1.12. The molecule has 1 aliphatic rings. The van der Waals surface area contributed by atoms with Gasteiger partial charge in [0.05, 0.1) is 0 Å². The van der Waals surface area contributed by atoms with Crippen LogP contribution >= 0.6 is 0 Å². The van der Waals surface area contributed by atoms with E-state index in [4.69, 9.17) is 19.2 Å². The van der Waals surface area contributed by atoms with Crippen molar-refractivity contribution < 1.29 is 19.0 Å². The Morgan fingerprint density at radius 1 is 1.21 bits per heavy atom. The molecule has 0 fully saturated rings. The molecule has 3 rings (SSSR count). The van der Waals surface area contributed by atoms with E-state index >= 15 is 0 Å². The SMILES string of the molecule is COC(OC)c1nc2c(cc1CN(C)C)CCCN2C(=O)Oc1ccccc1. The summed E-state index contributed by atoms with van der Waals surface area (Å²) in [5.41, 5.74) is 2.73. The number of aryl methyl sites for hydroxylation is 1. The number of para-hydroxylation sites is 1. The second-order valence-electron chi connectivity index (χ2n) is 6.99. The molecule has 0 saturated heterocycles. The van der Waals surface area contributed by atoms with Gasteiger partial charge in [0, 0.05) is 27.3 Å². The lowest BCUT2D eigenvalue weighted by Crippen LogP contribution is -2.39. The molecule has 150 valence electrons. The molecule has 1 aliphatic heterocycles. The Hall–Kier alpha value is -2.48. The number of carbonyl (C=O) groups excluding carboxylic acids is 1. The van der Waals surface area contributed by atoms with Gasteiger partial charge in [0.1, 0.15) is 17.3 Å². The van der Waals surface area contributed by atoms with Crippen LogP contribution in [0.2, 0.25) is 0 Å². The van der Waals surface area contributed by atoms with Crippen LogP contribution in [0.25, 0.3) is 0 Å². The van der Waals surface area contributed by atoms with Crippen LogP contribution in [0.15, 0.2) is 36.4 Å². The molecule has 0 N–H and O–H groups in total. The van der Waals surface area contributed by atoms with Gasteiger partial charge in [-0.1, -0.05) is 18.2 Å². The number of fused-ring (bicyclic) bond motifs is 1. The summed E-state index contributed by atoms with van der Waals surface area (Å²) in [6.07, 6.45) is 0.687. The van der Waals surface area contributed by atoms with E-state index in [-0.39, 0.29) is 0 Å². The van der Waals surface area contributed by atoms with Gasteiger partial charge < -0.3 is 19.1 Å². The lowest BCUT2D eigenvalue weighted by Gasteiger charge is -2.30. The van der Waals surface area contributed by atoms with Crippen LogP contribution in [-0.2, 0) is 22.4 Å². The number of benzene rings is 1. The predicted molar refractivity (Wildman–Crippen MR) is 107 cm³/mol. The topological polar surface area (TPSA) is 64.1 Å². The van der Waals surface area contributed by atoms with Gasteiger partial charge in [-0.05, 0) is 56.3 Å². The maximum absolute atomic E-state index is 12.8. The van der Waals surface area contributed by atoms with Crippen molar-refractivity contribution in [1.82, 2.24) is 9.88 Å². The number of ether oxygens (including phenoxy) is 3. The zero-order valence-corrected chi connectivity index (χ0v) is 16.8. The number of rotatable bonds is 6. The highest BCUT2D eigenvalue weighted by atomic mass is 16.7. The summed E-state index contributed by atoms with van der Waals surface area (Å²) < 4.78 is 16.4. The molecular weight excluding hydrogens is 358 g/mol. The highest BCUT2D eigenvalue weighted by molar-refractivity contribution is 5.89. The average Bonchev–Trinajstić information content (AvgIpc) is 2.69. The van der Waals surface area contributed by atoms with Crippen LogP contribution in [0.1, 0.15) is 29.5 Å². The van der Waals surface area contributed by atoms with Crippen LogP contribution < -0.4 is 9.64 Å². The highest BCUT2D eigenvalue weighted by Gasteiger charge is 2.29. The molecule has 7 heteroatoms. The predicted octanol–water partition coefficient (Wildman–Crippen LogP) is 3.39. The summed E-state index contributed by atoms with van der Waals surface area (Å²) in [6, 6.07) is 11.2. The van der Waals surface area contributed by atoms with Crippen LogP contribution in [0.4, 0.5) is 10.6 Å². The van der Waals surface area contributed by atoms with E-state index in [2.05, 4.69) is 11.0 Å². The lowest BCUT2D eigenvalue weighted by molar-refractivity contribution is -0.109. The minimum Gasteiger partial charge on any atom is -0.410 e. The van der Waals surface area contributed by atoms with Crippen LogP contribution in [-0.4, -0.2) is 50.8 Å². The molecule has 0 unspecified atom stereocenters. The largest absolute Gasteiger partial charge is 0.420 e. The van der Waals surface area contributed by atoms with Crippen molar-refractivity contribution in [3.8, 4) is 5.75 Å². The molecule has 0 radical (unpaired) electrons. The molecule has 0 saturated carbocycles. The molecule has 7 nitrogen and oxygen atoms in total. The number of anilines is 1. The second kappa shape index (κ2) is 9.14. The Bertz CT molecular complexity index is 807. The summed E-state index contributed by atoms with van der Waals surface area (Å²) in [4.78, 5) is 21.3. The van der Waals surface area contributed by atoms with E-state index in [0.29, 0.717) is 30.4 Å². The van der Waals surface area contributed by atoms with Gasteiger partial charge in [0.25, 0.3) is 0 Å². The van der Waals surface area contributed by atoms with Crippen molar-refractivity contribution in [1.29, 1.82) is 0 Å². The molecule has 0 spiro atoms. The Kier molecular flexibility index (Phi) is 6.61. The second-order valence-corrected chi connectivity index (χ2v) is 6.99. The van der Waals surface area contributed by atoms with E-state index in [1.807, 2.05) is 32.3 Å². The summed E-state index contributed by atoms with van der Waals surface area (Å²) >= 11 is 0. The summed E-state index contributed by atoms with van der Waals surface area (Å²) in [7, 11) is 7.16. The maximum atomic E-state index is 12.8. The standard InChI is InChI=1S/C21H27N3O4/c1-23(2)14-16-13-15-9-8-12-24(19(15)22-18(16)20(26-3)27-4)21(25)28-17-10-6-5-7-11-17/h5-7,10-11,13,20H,8-9,12,14H2,1-4H3. The number of amides is 1. The van der Waals surface area contributed by atoms with Crippen molar-refractivity contribution in [2.24, 2.45) is 0 Å². The zero-order chi connectivity index (χ0) is 20.1. The molecule has 28 heavy (non-hydrogen) atoms. The van der Waals surface area contributed by atoms with Crippen LogP contribution in [0.5, 0.6) is 5.75 Å². The first-order valence-electron chi connectivity index (χ1n) is 9.31. The normalized spacial score (nSPS) is 13.7. The van der Waals surface area contributed by atoms with E-state index in [1.54, 1.807) is 31.3 Å².